The average molecular weight is 345 g/mol. The van der Waals surface area contributed by atoms with Gasteiger partial charge in [-0.15, -0.1) is 0 Å². The molecule has 0 unspecified atom stereocenters. The molecule has 3 aromatic rings. The minimum absolute atomic E-state index is 0.273. The first-order valence-electron chi connectivity index (χ1n) is 7.47. The number of carbonyl (C=O) groups excluding carboxylic acids is 1. The lowest BCUT2D eigenvalue weighted by atomic mass is 10.1. The Bertz CT molecular complexity index is 877. The smallest absolute Gasteiger partial charge is 0.287 e. The van der Waals surface area contributed by atoms with Crippen molar-refractivity contribution in [2.75, 3.05) is 20.3 Å². The van der Waals surface area contributed by atoms with Crippen molar-refractivity contribution in [1.29, 1.82) is 0 Å². The van der Waals surface area contributed by atoms with Crippen LogP contribution in [-0.2, 0) is 11.8 Å². The molecule has 7 heteroatoms. The van der Waals surface area contributed by atoms with Crippen molar-refractivity contribution < 1.29 is 9.53 Å². The van der Waals surface area contributed by atoms with Crippen molar-refractivity contribution in [2.45, 2.75) is 0 Å². The third kappa shape index (κ3) is 3.11. The van der Waals surface area contributed by atoms with Gasteiger partial charge in [-0.1, -0.05) is 41.9 Å². The Morgan fingerprint density at radius 3 is 2.75 bits per heavy atom. The molecule has 24 heavy (non-hydrogen) atoms. The predicted octanol–water partition coefficient (Wildman–Crippen LogP) is 2.66. The topological polar surface area (TPSA) is 69.0 Å². The standard InChI is InChI=1S/C17H17ClN4O2/c1-22-13-10-12(18)14(11-6-4-3-5-7-11)20-15(13)21-16(22)17(23)19-8-9-24-2/h3-7,10H,8-9H2,1-2H3,(H,19,23). The fraction of sp³-hybridized carbons (Fsp3) is 0.235. The number of halogens is 1. The summed E-state index contributed by atoms with van der Waals surface area (Å²) in [6, 6.07) is 11.4. The Labute approximate surface area is 144 Å². The van der Waals surface area contributed by atoms with Crippen molar-refractivity contribution in [3.8, 4) is 11.3 Å². The van der Waals surface area contributed by atoms with E-state index in [0.29, 0.717) is 35.0 Å². The fourth-order valence-corrected chi connectivity index (χ4v) is 2.69. The van der Waals surface area contributed by atoms with Gasteiger partial charge in [0.05, 0.1) is 22.8 Å². The largest absolute Gasteiger partial charge is 0.383 e. The Morgan fingerprint density at radius 2 is 2.04 bits per heavy atom. The number of amides is 1. The second-order valence-electron chi connectivity index (χ2n) is 5.27. The van der Waals surface area contributed by atoms with E-state index in [2.05, 4.69) is 15.3 Å². The Kier molecular flexibility index (Phi) is 4.78. The number of rotatable bonds is 5. The zero-order chi connectivity index (χ0) is 17.1. The molecular formula is C17H17ClN4O2. The summed E-state index contributed by atoms with van der Waals surface area (Å²) in [4.78, 5) is 21.1. The van der Waals surface area contributed by atoms with Gasteiger partial charge in [-0.05, 0) is 6.07 Å². The number of benzene rings is 1. The van der Waals surface area contributed by atoms with Gasteiger partial charge in [0.25, 0.3) is 5.91 Å². The van der Waals surface area contributed by atoms with E-state index in [4.69, 9.17) is 16.3 Å². The molecule has 0 radical (unpaired) electrons. The Morgan fingerprint density at radius 1 is 1.29 bits per heavy atom. The molecule has 0 spiro atoms. The number of nitrogens with zero attached hydrogens (tertiary/aromatic N) is 3. The SMILES string of the molecule is COCCNC(=O)c1nc2nc(-c3ccccc3)c(Cl)cc2n1C. The minimum atomic E-state index is -0.273. The van der Waals surface area contributed by atoms with Crippen LogP contribution in [0.1, 0.15) is 10.6 Å². The normalized spacial score (nSPS) is 11.0. The van der Waals surface area contributed by atoms with Crippen LogP contribution in [0.2, 0.25) is 5.02 Å². The summed E-state index contributed by atoms with van der Waals surface area (Å²) in [5.74, 6) is 0.0137. The van der Waals surface area contributed by atoms with Crippen LogP contribution >= 0.6 is 11.6 Å². The van der Waals surface area contributed by atoms with Gasteiger partial charge >= 0.3 is 0 Å². The summed E-state index contributed by atoms with van der Waals surface area (Å²) in [6.45, 7) is 0.861. The summed E-state index contributed by atoms with van der Waals surface area (Å²) < 4.78 is 6.61. The highest BCUT2D eigenvalue weighted by Gasteiger charge is 2.18. The molecule has 1 N–H and O–H groups in total. The first-order valence-corrected chi connectivity index (χ1v) is 7.85. The van der Waals surface area contributed by atoms with Gasteiger partial charge in [0.2, 0.25) is 5.82 Å². The highest BCUT2D eigenvalue weighted by Crippen LogP contribution is 2.29. The number of hydrogen-bond acceptors (Lipinski definition) is 4. The zero-order valence-electron chi connectivity index (χ0n) is 13.4. The second-order valence-corrected chi connectivity index (χ2v) is 5.68. The Hall–Kier alpha value is -2.44. The van der Waals surface area contributed by atoms with Crippen molar-refractivity contribution in [2.24, 2.45) is 7.05 Å². The quantitative estimate of drug-likeness (QED) is 0.722. The molecule has 0 atom stereocenters. The number of methoxy groups -OCH3 is 1. The third-order valence-electron chi connectivity index (χ3n) is 3.67. The zero-order valence-corrected chi connectivity index (χ0v) is 14.2. The van der Waals surface area contributed by atoms with Crippen LogP contribution in [0.3, 0.4) is 0 Å². The number of nitrogens with one attached hydrogen (secondary N) is 1. The van der Waals surface area contributed by atoms with Crippen LogP contribution < -0.4 is 5.32 Å². The van der Waals surface area contributed by atoms with Crippen LogP contribution in [0.4, 0.5) is 0 Å². The van der Waals surface area contributed by atoms with Crippen LogP contribution in [0, 0.1) is 0 Å². The van der Waals surface area contributed by atoms with E-state index in [1.807, 2.05) is 30.3 Å². The molecular weight excluding hydrogens is 328 g/mol. The number of pyridine rings is 1. The molecule has 2 heterocycles. The molecule has 3 rings (SSSR count). The molecule has 0 saturated carbocycles. The number of carbonyl (C=O) groups is 1. The molecule has 6 nitrogen and oxygen atoms in total. The highest BCUT2D eigenvalue weighted by molar-refractivity contribution is 6.33. The fourth-order valence-electron chi connectivity index (χ4n) is 2.44. The van der Waals surface area contributed by atoms with Crippen LogP contribution in [0.25, 0.3) is 22.4 Å². The molecule has 1 amide bonds. The Balaban J connectivity index is 2.01. The highest BCUT2D eigenvalue weighted by atomic mass is 35.5. The molecule has 2 aromatic heterocycles. The van der Waals surface area contributed by atoms with Gasteiger partial charge in [-0.25, -0.2) is 9.97 Å². The van der Waals surface area contributed by atoms with E-state index in [1.165, 1.54) is 0 Å². The summed E-state index contributed by atoms with van der Waals surface area (Å²) in [7, 11) is 3.35. The molecule has 1 aromatic carbocycles. The van der Waals surface area contributed by atoms with Crippen molar-refractivity contribution in [3.63, 3.8) is 0 Å². The average Bonchev–Trinajstić information content (AvgIpc) is 2.91. The van der Waals surface area contributed by atoms with Crippen molar-refractivity contribution in [3.05, 3.63) is 47.2 Å². The maximum Gasteiger partial charge on any atom is 0.287 e. The van der Waals surface area contributed by atoms with E-state index in [1.54, 1.807) is 24.8 Å². The summed E-state index contributed by atoms with van der Waals surface area (Å²) in [5.41, 5.74) is 2.74. The van der Waals surface area contributed by atoms with E-state index in [0.717, 1.165) is 5.56 Å². The molecule has 124 valence electrons. The number of hydrogen-bond donors (Lipinski definition) is 1. The van der Waals surface area contributed by atoms with Crippen LogP contribution in [0.15, 0.2) is 36.4 Å². The lowest BCUT2D eigenvalue weighted by molar-refractivity contribution is 0.0924. The van der Waals surface area contributed by atoms with E-state index < -0.39 is 0 Å². The maximum atomic E-state index is 12.2. The van der Waals surface area contributed by atoms with Crippen molar-refractivity contribution in [1.82, 2.24) is 19.9 Å². The van der Waals surface area contributed by atoms with Crippen molar-refractivity contribution >= 4 is 28.7 Å². The lowest BCUT2D eigenvalue weighted by Gasteiger charge is -2.05. The number of aryl methyl sites for hydroxylation is 1. The molecule has 0 aliphatic rings. The van der Waals surface area contributed by atoms with Gasteiger partial charge in [-0.3, -0.25) is 4.79 Å². The van der Waals surface area contributed by atoms with E-state index in [9.17, 15) is 4.79 Å². The molecule has 0 bridgehead atoms. The number of aromatic nitrogens is 3. The number of fused-ring (bicyclic) bond motifs is 1. The van der Waals surface area contributed by atoms with E-state index >= 15 is 0 Å². The van der Waals surface area contributed by atoms with Gasteiger partial charge in [0.15, 0.2) is 5.65 Å². The first kappa shape index (κ1) is 16.4. The molecule has 0 saturated heterocycles. The van der Waals surface area contributed by atoms with Gasteiger partial charge in [-0.2, -0.15) is 0 Å². The second kappa shape index (κ2) is 6.98. The summed E-state index contributed by atoms with van der Waals surface area (Å²) in [6.07, 6.45) is 0. The minimum Gasteiger partial charge on any atom is -0.383 e. The monoisotopic (exact) mass is 344 g/mol. The maximum absolute atomic E-state index is 12.2. The first-order chi connectivity index (χ1) is 11.6. The van der Waals surface area contributed by atoms with E-state index in [-0.39, 0.29) is 11.7 Å². The van der Waals surface area contributed by atoms with Gasteiger partial charge in [0, 0.05) is 26.3 Å². The van der Waals surface area contributed by atoms with Gasteiger partial charge in [0.1, 0.15) is 0 Å². The summed E-state index contributed by atoms with van der Waals surface area (Å²) in [5, 5.41) is 3.27. The lowest BCUT2D eigenvalue weighted by Crippen LogP contribution is -2.29. The number of imidazole rings is 1. The van der Waals surface area contributed by atoms with Gasteiger partial charge < -0.3 is 14.6 Å². The van der Waals surface area contributed by atoms with Crippen LogP contribution in [-0.4, -0.2) is 40.7 Å². The third-order valence-corrected chi connectivity index (χ3v) is 3.96. The predicted molar refractivity (Wildman–Crippen MR) is 93.2 cm³/mol. The number of ether oxygens (including phenoxy) is 1. The molecule has 0 aliphatic carbocycles. The molecule has 0 fully saturated rings. The van der Waals surface area contributed by atoms with Crippen LogP contribution in [0.5, 0.6) is 0 Å². The summed E-state index contributed by atoms with van der Waals surface area (Å²) >= 11 is 6.38. The molecule has 0 aliphatic heterocycles.